The summed E-state index contributed by atoms with van der Waals surface area (Å²) in [5.41, 5.74) is 2.88. The molecule has 0 bridgehead atoms. The van der Waals surface area contributed by atoms with E-state index in [1.54, 1.807) is 24.3 Å². The quantitative estimate of drug-likeness (QED) is 0.454. The predicted molar refractivity (Wildman–Crippen MR) is 124 cm³/mol. The lowest BCUT2D eigenvalue weighted by atomic mass is 9.71. The molecule has 5 nitrogen and oxygen atoms in total. The van der Waals surface area contributed by atoms with E-state index in [9.17, 15) is 24.9 Å². The highest BCUT2D eigenvalue weighted by atomic mass is 16.3. The summed E-state index contributed by atoms with van der Waals surface area (Å²) in [6.45, 7) is 9.74. The van der Waals surface area contributed by atoms with E-state index in [1.165, 1.54) is 12.1 Å². The highest BCUT2D eigenvalue weighted by Crippen LogP contribution is 2.45. The summed E-state index contributed by atoms with van der Waals surface area (Å²) in [5.74, 6) is -0.0617. The largest absolute Gasteiger partial charge is 0.507 e. The number of aryl methyl sites for hydroxylation is 1. The van der Waals surface area contributed by atoms with Crippen molar-refractivity contribution in [3.8, 4) is 17.2 Å². The van der Waals surface area contributed by atoms with Gasteiger partial charge in [0.05, 0.1) is 11.1 Å². The van der Waals surface area contributed by atoms with Gasteiger partial charge in [0, 0.05) is 22.0 Å². The van der Waals surface area contributed by atoms with Gasteiger partial charge in [-0.2, -0.15) is 0 Å². The normalized spacial score (nSPS) is 11.9. The second-order valence-corrected chi connectivity index (χ2v) is 9.24. The van der Waals surface area contributed by atoms with Crippen LogP contribution in [0.3, 0.4) is 0 Å². The lowest BCUT2D eigenvalue weighted by Crippen LogP contribution is -2.24. The molecule has 0 saturated heterocycles. The molecular formula is C27H28O5. The molecule has 32 heavy (non-hydrogen) atoms. The van der Waals surface area contributed by atoms with Gasteiger partial charge >= 0.3 is 0 Å². The smallest absolute Gasteiger partial charge is 0.153 e. The molecule has 0 unspecified atom stereocenters. The summed E-state index contributed by atoms with van der Waals surface area (Å²) in [6.07, 6.45) is 1.21. The van der Waals surface area contributed by atoms with Crippen molar-refractivity contribution in [2.75, 3.05) is 0 Å². The average Bonchev–Trinajstić information content (AvgIpc) is 2.75. The lowest BCUT2D eigenvalue weighted by Gasteiger charge is -2.33. The Labute approximate surface area is 188 Å². The number of benzene rings is 3. The van der Waals surface area contributed by atoms with Gasteiger partial charge in [-0.25, -0.2) is 0 Å². The van der Waals surface area contributed by atoms with Crippen LogP contribution in [0, 0.1) is 6.92 Å². The molecule has 0 atom stereocenters. The van der Waals surface area contributed by atoms with E-state index in [2.05, 4.69) is 0 Å². The van der Waals surface area contributed by atoms with Crippen LogP contribution in [-0.4, -0.2) is 27.9 Å². The maximum Gasteiger partial charge on any atom is 0.153 e. The maximum atomic E-state index is 11.4. The molecule has 3 aromatic rings. The van der Waals surface area contributed by atoms with E-state index < -0.39 is 10.8 Å². The van der Waals surface area contributed by atoms with E-state index in [0.29, 0.717) is 23.7 Å². The Morgan fingerprint density at radius 1 is 0.656 bits per heavy atom. The third-order valence-corrected chi connectivity index (χ3v) is 6.35. The second kappa shape index (κ2) is 8.15. The van der Waals surface area contributed by atoms with Crippen LogP contribution in [0.25, 0.3) is 0 Å². The van der Waals surface area contributed by atoms with Gasteiger partial charge in [-0.3, -0.25) is 9.59 Å². The Morgan fingerprint density at radius 3 is 1.38 bits per heavy atom. The molecule has 3 aromatic carbocycles. The molecular weight excluding hydrogens is 404 g/mol. The van der Waals surface area contributed by atoms with Crippen molar-refractivity contribution in [2.24, 2.45) is 0 Å². The topological polar surface area (TPSA) is 94.8 Å². The molecule has 0 amide bonds. The van der Waals surface area contributed by atoms with Crippen molar-refractivity contribution in [1.29, 1.82) is 0 Å². The van der Waals surface area contributed by atoms with Crippen LogP contribution >= 0.6 is 0 Å². The maximum absolute atomic E-state index is 11.4. The molecule has 0 aromatic heterocycles. The van der Waals surface area contributed by atoms with Gasteiger partial charge in [0.25, 0.3) is 0 Å². The molecule has 5 heteroatoms. The van der Waals surface area contributed by atoms with Crippen LogP contribution in [0.2, 0.25) is 0 Å². The van der Waals surface area contributed by atoms with Gasteiger partial charge in [0.15, 0.2) is 12.6 Å². The fourth-order valence-corrected chi connectivity index (χ4v) is 4.12. The summed E-state index contributed by atoms with van der Waals surface area (Å²) < 4.78 is 0. The fraction of sp³-hybridized carbons (Fsp3) is 0.259. The summed E-state index contributed by atoms with van der Waals surface area (Å²) in [4.78, 5) is 22.7. The molecule has 0 radical (unpaired) electrons. The van der Waals surface area contributed by atoms with Crippen LogP contribution < -0.4 is 0 Å². The first-order valence-corrected chi connectivity index (χ1v) is 10.4. The SMILES string of the molecule is Cc1cc(C(C)(C)c2ccc(O)c(C=O)c2)c(O)c(C(C)(C)c2ccc(O)c(C=O)c2)c1. The van der Waals surface area contributed by atoms with Crippen molar-refractivity contribution in [3.05, 3.63) is 87.5 Å². The molecule has 0 saturated carbocycles. The van der Waals surface area contributed by atoms with E-state index in [1.807, 2.05) is 46.8 Å². The molecule has 3 rings (SSSR count). The minimum absolute atomic E-state index is 0.0897. The van der Waals surface area contributed by atoms with Crippen molar-refractivity contribution in [2.45, 2.75) is 45.4 Å². The van der Waals surface area contributed by atoms with E-state index in [4.69, 9.17) is 0 Å². The van der Waals surface area contributed by atoms with Crippen molar-refractivity contribution < 1.29 is 24.9 Å². The number of phenols is 3. The number of aromatic hydroxyl groups is 3. The fourth-order valence-electron chi connectivity index (χ4n) is 4.12. The van der Waals surface area contributed by atoms with E-state index in [-0.39, 0.29) is 28.4 Å². The van der Waals surface area contributed by atoms with Crippen molar-refractivity contribution in [1.82, 2.24) is 0 Å². The second-order valence-electron chi connectivity index (χ2n) is 9.24. The van der Waals surface area contributed by atoms with E-state index >= 15 is 0 Å². The van der Waals surface area contributed by atoms with Crippen molar-refractivity contribution >= 4 is 12.6 Å². The molecule has 0 aliphatic heterocycles. The van der Waals surface area contributed by atoms with Gasteiger partial charge in [-0.15, -0.1) is 0 Å². The molecule has 0 fully saturated rings. The van der Waals surface area contributed by atoms with E-state index in [0.717, 1.165) is 16.7 Å². The van der Waals surface area contributed by atoms with Crippen LogP contribution in [-0.2, 0) is 10.8 Å². The third-order valence-electron chi connectivity index (χ3n) is 6.35. The Hall–Kier alpha value is -3.60. The molecule has 166 valence electrons. The number of carbonyl (C=O) groups is 2. The summed E-state index contributed by atoms with van der Waals surface area (Å²) in [6, 6.07) is 13.5. The minimum Gasteiger partial charge on any atom is -0.507 e. The van der Waals surface area contributed by atoms with Gasteiger partial charge in [-0.05, 0) is 42.3 Å². The molecule has 0 heterocycles. The molecule has 0 spiro atoms. The summed E-state index contributed by atoms with van der Waals surface area (Å²) in [7, 11) is 0. The number of hydrogen-bond donors (Lipinski definition) is 3. The Morgan fingerprint density at radius 2 is 1.03 bits per heavy atom. The Balaban J connectivity index is 2.21. The first kappa shape index (κ1) is 23.1. The first-order valence-electron chi connectivity index (χ1n) is 10.4. The molecule has 0 aliphatic carbocycles. The van der Waals surface area contributed by atoms with Crippen LogP contribution in [0.15, 0.2) is 48.5 Å². The number of carbonyl (C=O) groups excluding carboxylic acids is 2. The molecule has 0 aliphatic rings. The highest BCUT2D eigenvalue weighted by molar-refractivity contribution is 5.80. The zero-order valence-electron chi connectivity index (χ0n) is 18.9. The number of phenolic OH excluding ortho intramolecular Hbond substituents is 3. The van der Waals surface area contributed by atoms with Crippen LogP contribution in [0.4, 0.5) is 0 Å². The van der Waals surface area contributed by atoms with Gasteiger partial charge in [0.1, 0.15) is 17.2 Å². The average molecular weight is 433 g/mol. The number of hydrogen-bond acceptors (Lipinski definition) is 5. The lowest BCUT2D eigenvalue weighted by molar-refractivity contribution is 0.111. The zero-order valence-corrected chi connectivity index (χ0v) is 18.9. The highest BCUT2D eigenvalue weighted by Gasteiger charge is 2.33. The van der Waals surface area contributed by atoms with Crippen LogP contribution in [0.5, 0.6) is 17.2 Å². The van der Waals surface area contributed by atoms with Gasteiger partial charge < -0.3 is 15.3 Å². The summed E-state index contributed by atoms with van der Waals surface area (Å²) in [5, 5.41) is 31.2. The standard InChI is InChI=1S/C27H28O5/c1-16-10-21(26(2,3)19-6-8-23(30)17(12-19)14-28)25(32)22(11-16)27(4,5)20-7-9-24(31)18(13-20)15-29/h6-15,30-32H,1-5H3. The minimum atomic E-state index is -0.671. The monoisotopic (exact) mass is 432 g/mol. The third kappa shape index (κ3) is 3.86. The predicted octanol–water partition coefficient (Wildman–Crippen LogP) is 5.39. The molecule has 3 N–H and O–H groups in total. The van der Waals surface area contributed by atoms with Gasteiger partial charge in [0.2, 0.25) is 0 Å². The number of rotatable bonds is 6. The van der Waals surface area contributed by atoms with Crippen LogP contribution in [0.1, 0.15) is 76.2 Å². The Bertz CT molecular complexity index is 1110. The first-order chi connectivity index (χ1) is 14.9. The Kier molecular flexibility index (Phi) is 5.88. The number of aldehydes is 2. The summed E-state index contributed by atoms with van der Waals surface area (Å²) >= 11 is 0. The van der Waals surface area contributed by atoms with Gasteiger partial charge in [-0.1, -0.05) is 57.5 Å². The van der Waals surface area contributed by atoms with Crippen molar-refractivity contribution in [3.63, 3.8) is 0 Å². The zero-order chi connectivity index (χ0) is 23.8.